The van der Waals surface area contributed by atoms with Crippen molar-refractivity contribution in [2.75, 3.05) is 6.54 Å². The van der Waals surface area contributed by atoms with Crippen LogP contribution in [0.3, 0.4) is 0 Å². The molecule has 2 nitrogen and oxygen atoms in total. The van der Waals surface area contributed by atoms with Crippen molar-refractivity contribution in [2.24, 2.45) is 17.8 Å². The molecule has 2 bridgehead atoms. The summed E-state index contributed by atoms with van der Waals surface area (Å²) in [6, 6.07) is 4.95. The highest BCUT2D eigenvalue weighted by Gasteiger charge is 2.40. The zero-order valence-electron chi connectivity index (χ0n) is 12.7. The Bertz CT molecular complexity index is 620. The second-order valence-electron chi connectivity index (χ2n) is 6.85. The molecule has 0 aromatic carbocycles. The fourth-order valence-corrected chi connectivity index (χ4v) is 5.39. The molecule has 4 unspecified atom stereocenters. The van der Waals surface area contributed by atoms with E-state index < -0.39 is 0 Å². The second-order valence-corrected chi connectivity index (χ2v) is 7.80. The highest BCUT2D eigenvalue weighted by molar-refractivity contribution is 7.17. The monoisotopic (exact) mass is 300 g/mol. The van der Waals surface area contributed by atoms with Gasteiger partial charge < -0.3 is 5.32 Å². The van der Waals surface area contributed by atoms with Gasteiger partial charge in [0.1, 0.15) is 0 Å². The summed E-state index contributed by atoms with van der Waals surface area (Å²) < 4.78 is 1.32. The van der Waals surface area contributed by atoms with Crippen LogP contribution in [-0.4, -0.2) is 11.5 Å². The van der Waals surface area contributed by atoms with Gasteiger partial charge in [0.2, 0.25) is 0 Å². The topological polar surface area (TPSA) is 24.9 Å². The number of aromatic nitrogens is 1. The molecule has 4 atom stereocenters. The van der Waals surface area contributed by atoms with Crippen LogP contribution in [0.2, 0.25) is 0 Å². The predicted octanol–water partition coefficient (Wildman–Crippen LogP) is 4.77. The van der Waals surface area contributed by atoms with E-state index in [4.69, 9.17) is 0 Å². The quantitative estimate of drug-likeness (QED) is 0.860. The minimum atomic E-state index is 0.485. The van der Waals surface area contributed by atoms with E-state index in [1.54, 1.807) is 11.3 Å². The van der Waals surface area contributed by atoms with Gasteiger partial charge in [0.05, 0.1) is 10.2 Å². The molecular formula is C18H24N2S. The molecule has 2 saturated carbocycles. The zero-order chi connectivity index (χ0) is 14.2. The number of hydrogen-bond acceptors (Lipinski definition) is 3. The fraction of sp³-hybridized carbons (Fsp3) is 0.611. The molecule has 2 aromatic heterocycles. The van der Waals surface area contributed by atoms with Crippen molar-refractivity contribution >= 4 is 21.6 Å². The van der Waals surface area contributed by atoms with Crippen LogP contribution in [0.1, 0.15) is 50.6 Å². The predicted molar refractivity (Wildman–Crippen MR) is 89.6 cm³/mol. The van der Waals surface area contributed by atoms with Crippen LogP contribution in [0.5, 0.6) is 0 Å². The molecule has 2 heterocycles. The standard InChI is InChI=1S/C18H24N2S/c1-2-19-17(9-14-8-12-3-4-13(14)7-12)15-10-18-16(20-11-15)5-6-21-18/h5-6,10-14,17,19H,2-4,7-9H2,1H3. The lowest BCUT2D eigenvalue weighted by Gasteiger charge is -2.27. The molecule has 2 aliphatic rings. The van der Waals surface area contributed by atoms with E-state index in [2.05, 4.69) is 40.9 Å². The van der Waals surface area contributed by atoms with Gasteiger partial charge in [0.15, 0.2) is 0 Å². The summed E-state index contributed by atoms with van der Waals surface area (Å²) in [7, 11) is 0. The number of fused-ring (bicyclic) bond motifs is 3. The second kappa shape index (κ2) is 5.69. The first kappa shape index (κ1) is 13.7. The van der Waals surface area contributed by atoms with E-state index in [1.807, 2.05) is 0 Å². The molecule has 0 amide bonds. The van der Waals surface area contributed by atoms with Gasteiger partial charge in [-0.25, -0.2) is 0 Å². The third kappa shape index (κ3) is 2.62. The van der Waals surface area contributed by atoms with E-state index in [9.17, 15) is 0 Å². The Hall–Kier alpha value is -0.930. The number of thiophene rings is 1. The first-order chi connectivity index (χ1) is 10.3. The molecule has 21 heavy (non-hydrogen) atoms. The highest BCUT2D eigenvalue weighted by Crippen LogP contribution is 2.51. The van der Waals surface area contributed by atoms with E-state index >= 15 is 0 Å². The van der Waals surface area contributed by atoms with E-state index in [1.165, 1.54) is 42.4 Å². The Kier molecular flexibility index (Phi) is 3.72. The molecule has 2 fully saturated rings. The van der Waals surface area contributed by atoms with E-state index in [-0.39, 0.29) is 0 Å². The Morgan fingerprint density at radius 1 is 1.38 bits per heavy atom. The smallest absolute Gasteiger partial charge is 0.0809 e. The summed E-state index contributed by atoms with van der Waals surface area (Å²) in [4.78, 5) is 4.64. The number of nitrogens with zero attached hydrogens (tertiary/aromatic N) is 1. The normalized spacial score (nSPS) is 29.3. The Morgan fingerprint density at radius 3 is 3.10 bits per heavy atom. The van der Waals surface area contributed by atoms with Crippen LogP contribution in [0.25, 0.3) is 10.2 Å². The van der Waals surface area contributed by atoms with Crippen LogP contribution < -0.4 is 5.32 Å². The minimum Gasteiger partial charge on any atom is -0.310 e. The summed E-state index contributed by atoms with van der Waals surface area (Å²) in [5.41, 5.74) is 2.52. The first-order valence-corrected chi connectivity index (χ1v) is 9.28. The van der Waals surface area contributed by atoms with Gasteiger partial charge in [-0.3, -0.25) is 4.98 Å². The molecule has 0 radical (unpaired) electrons. The summed E-state index contributed by atoms with van der Waals surface area (Å²) >= 11 is 1.80. The maximum Gasteiger partial charge on any atom is 0.0809 e. The third-order valence-corrected chi connectivity index (χ3v) is 6.45. The summed E-state index contributed by atoms with van der Waals surface area (Å²) in [5, 5.41) is 5.85. The minimum absolute atomic E-state index is 0.485. The van der Waals surface area contributed by atoms with Crippen molar-refractivity contribution in [1.82, 2.24) is 10.3 Å². The van der Waals surface area contributed by atoms with Crippen LogP contribution in [-0.2, 0) is 0 Å². The number of pyridine rings is 1. The lowest BCUT2D eigenvalue weighted by molar-refractivity contribution is 0.280. The Labute approximate surface area is 131 Å². The summed E-state index contributed by atoms with van der Waals surface area (Å²) in [6.45, 7) is 3.25. The van der Waals surface area contributed by atoms with Gasteiger partial charge in [0.25, 0.3) is 0 Å². The van der Waals surface area contributed by atoms with Gasteiger partial charge in [-0.1, -0.05) is 13.3 Å². The maximum absolute atomic E-state index is 4.64. The van der Waals surface area contributed by atoms with Crippen molar-refractivity contribution in [3.05, 3.63) is 29.3 Å². The summed E-state index contributed by atoms with van der Waals surface area (Å²) in [6.07, 6.45) is 9.35. The van der Waals surface area contributed by atoms with Crippen molar-refractivity contribution < 1.29 is 0 Å². The van der Waals surface area contributed by atoms with Crippen LogP contribution in [0, 0.1) is 17.8 Å². The fourth-order valence-electron chi connectivity index (χ4n) is 4.60. The van der Waals surface area contributed by atoms with E-state index in [0.29, 0.717) is 6.04 Å². The molecule has 0 spiro atoms. The van der Waals surface area contributed by atoms with Crippen molar-refractivity contribution in [3.63, 3.8) is 0 Å². The molecule has 0 saturated heterocycles. The molecule has 3 heteroatoms. The van der Waals surface area contributed by atoms with Crippen molar-refractivity contribution in [2.45, 2.75) is 45.1 Å². The van der Waals surface area contributed by atoms with Crippen molar-refractivity contribution in [1.29, 1.82) is 0 Å². The average molecular weight is 300 g/mol. The Morgan fingerprint density at radius 2 is 2.33 bits per heavy atom. The van der Waals surface area contributed by atoms with Crippen LogP contribution in [0.15, 0.2) is 23.7 Å². The van der Waals surface area contributed by atoms with Gasteiger partial charge in [-0.15, -0.1) is 11.3 Å². The van der Waals surface area contributed by atoms with Gasteiger partial charge >= 0.3 is 0 Å². The van der Waals surface area contributed by atoms with E-state index in [0.717, 1.165) is 29.8 Å². The molecule has 2 aliphatic carbocycles. The number of rotatable bonds is 5. The van der Waals surface area contributed by atoms with Crippen molar-refractivity contribution in [3.8, 4) is 0 Å². The molecule has 2 aromatic rings. The van der Waals surface area contributed by atoms with Crippen LogP contribution in [0.4, 0.5) is 0 Å². The van der Waals surface area contributed by atoms with Gasteiger partial charge in [0, 0.05) is 12.2 Å². The molecular weight excluding hydrogens is 276 g/mol. The molecule has 112 valence electrons. The summed E-state index contributed by atoms with van der Waals surface area (Å²) in [5.74, 6) is 2.99. The third-order valence-electron chi connectivity index (χ3n) is 5.60. The SMILES string of the molecule is CCNC(CC1CC2CCC1C2)c1cnc2ccsc2c1. The molecule has 1 N–H and O–H groups in total. The zero-order valence-corrected chi connectivity index (χ0v) is 13.5. The largest absolute Gasteiger partial charge is 0.310 e. The number of hydrogen-bond donors (Lipinski definition) is 1. The molecule has 4 rings (SSSR count). The molecule has 0 aliphatic heterocycles. The van der Waals surface area contributed by atoms with Crippen LogP contribution >= 0.6 is 11.3 Å². The lowest BCUT2D eigenvalue weighted by Crippen LogP contribution is -2.25. The van der Waals surface area contributed by atoms with Gasteiger partial charge in [-0.2, -0.15) is 0 Å². The first-order valence-electron chi connectivity index (χ1n) is 8.40. The lowest BCUT2D eigenvalue weighted by atomic mass is 9.83. The average Bonchev–Trinajstić information content (AvgIpc) is 3.22. The maximum atomic E-state index is 4.64. The Balaban J connectivity index is 1.55. The number of nitrogens with one attached hydrogen (secondary N) is 1. The van der Waals surface area contributed by atoms with Gasteiger partial charge in [-0.05, 0) is 73.1 Å². The highest BCUT2D eigenvalue weighted by atomic mass is 32.1.